The molecule has 1 unspecified atom stereocenters. The molecule has 1 saturated heterocycles. The third-order valence-electron chi connectivity index (χ3n) is 3.38. The molecule has 0 spiro atoms. The van der Waals surface area contributed by atoms with Gasteiger partial charge >= 0.3 is 0 Å². The Balaban J connectivity index is 2.11. The van der Waals surface area contributed by atoms with Crippen molar-refractivity contribution in [3.63, 3.8) is 0 Å². The number of hydrogen-bond donors (Lipinski definition) is 1. The molecule has 2 heterocycles. The highest BCUT2D eigenvalue weighted by atomic mass is 32.1. The number of rotatable bonds is 1. The van der Waals surface area contributed by atoms with Crippen LogP contribution in [-0.4, -0.2) is 11.5 Å². The van der Waals surface area contributed by atoms with Gasteiger partial charge in [-0.3, -0.25) is 0 Å². The Labute approximate surface area is 99.7 Å². The Hall–Kier alpha value is -0.930. The highest BCUT2D eigenvalue weighted by molar-refractivity contribution is 7.18. The quantitative estimate of drug-likeness (QED) is 0.816. The van der Waals surface area contributed by atoms with Crippen LogP contribution in [-0.2, 0) is 5.54 Å². The van der Waals surface area contributed by atoms with Crippen LogP contribution in [0.2, 0.25) is 0 Å². The van der Waals surface area contributed by atoms with Crippen molar-refractivity contribution in [2.75, 3.05) is 6.54 Å². The summed E-state index contributed by atoms with van der Waals surface area (Å²) in [6, 6.07) is 6.52. The zero-order valence-electron chi connectivity index (χ0n) is 9.71. The maximum atomic E-state index is 4.78. The number of thiazole rings is 1. The third-order valence-corrected chi connectivity index (χ3v) is 4.68. The lowest BCUT2D eigenvalue weighted by molar-refractivity contribution is 0.433. The fraction of sp³-hybridized carbons (Fsp3) is 0.462. The molecule has 2 aromatic rings. The summed E-state index contributed by atoms with van der Waals surface area (Å²) in [4.78, 5) is 4.78. The zero-order valence-corrected chi connectivity index (χ0v) is 10.5. The molecule has 2 nitrogen and oxygen atoms in total. The van der Waals surface area contributed by atoms with Crippen molar-refractivity contribution in [3.8, 4) is 0 Å². The average molecular weight is 232 g/mol. The maximum Gasteiger partial charge on any atom is 0.114 e. The first-order chi connectivity index (χ1) is 7.67. The van der Waals surface area contributed by atoms with E-state index in [4.69, 9.17) is 4.98 Å². The van der Waals surface area contributed by atoms with Crippen LogP contribution in [0.4, 0.5) is 0 Å². The van der Waals surface area contributed by atoms with Gasteiger partial charge < -0.3 is 5.32 Å². The van der Waals surface area contributed by atoms with Crippen molar-refractivity contribution >= 4 is 21.6 Å². The van der Waals surface area contributed by atoms with Crippen LogP contribution < -0.4 is 5.32 Å². The fourth-order valence-electron chi connectivity index (χ4n) is 2.35. The van der Waals surface area contributed by atoms with E-state index in [0.717, 1.165) is 12.1 Å². The lowest BCUT2D eigenvalue weighted by Crippen LogP contribution is -2.32. The van der Waals surface area contributed by atoms with Crippen molar-refractivity contribution in [2.24, 2.45) is 0 Å². The molecule has 1 N–H and O–H groups in total. The first-order valence-corrected chi connectivity index (χ1v) is 6.62. The Morgan fingerprint density at radius 2 is 2.31 bits per heavy atom. The molecule has 0 radical (unpaired) electrons. The second-order valence-corrected chi connectivity index (χ2v) is 5.88. The molecular formula is C13H16N2S. The Morgan fingerprint density at radius 3 is 3.06 bits per heavy atom. The minimum absolute atomic E-state index is 0.109. The van der Waals surface area contributed by atoms with Gasteiger partial charge in [-0.2, -0.15) is 0 Å². The highest BCUT2D eigenvalue weighted by Gasteiger charge is 2.32. The summed E-state index contributed by atoms with van der Waals surface area (Å²) in [5.41, 5.74) is 2.54. The van der Waals surface area contributed by atoms with Gasteiger partial charge in [-0.05, 0) is 50.9 Å². The minimum Gasteiger partial charge on any atom is -0.306 e. The molecule has 1 aliphatic rings. The fourth-order valence-corrected chi connectivity index (χ4v) is 3.45. The van der Waals surface area contributed by atoms with E-state index in [-0.39, 0.29) is 5.54 Å². The van der Waals surface area contributed by atoms with Crippen LogP contribution in [0.1, 0.15) is 30.3 Å². The minimum atomic E-state index is 0.109. The number of aromatic nitrogens is 1. The van der Waals surface area contributed by atoms with Crippen LogP contribution in [0.25, 0.3) is 10.2 Å². The van der Waals surface area contributed by atoms with E-state index in [1.54, 1.807) is 0 Å². The molecule has 0 aliphatic carbocycles. The number of aryl methyl sites for hydroxylation is 1. The monoisotopic (exact) mass is 232 g/mol. The molecule has 84 valence electrons. The van der Waals surface area contributed by atoms with Gasteiger partial charge in [0.15, 0.2) is 0 Å². The molecule has 1 aromatic heterocycles. The normalized spacial score (nSPS) is 25.4. The Bertz CT molecular complexity index is 524. The predicted octanol–water partition coefficient (Wildman–Crippen LogP) is 3.20. The summed E-state index contributed by atoms with van der Waals surface area (Å²) in [5, 5.41) is 4.81. The van der Waals surface area contributed by atoms with Crippen molar-refractivity contribution in [1.82, 2.24) is 10.3 Å². The van der Waals surface area contributed by atoms with Gasteiger partial charge in [-0.15, -0.1) is 11.3 Å². The molecule has 0 saturated carbocycles. The van der Waals surface area contributed by atoms with Crippen molar-refractivity contribution in [2.45, 2.75) is 32.2 Å². The van der Waals surface area contributed by atoms with E-state index in [1.165, 1.54) is 28.1 Å². The summed E-state index contributed by atoms with van der Waals surface area (Å²) in [7, 11) is 0. The van der Waals surface area contributed by atoms with Gasteiger partial charge in [-0.25, -0.2) is 4.98 Å². The number of nitrogens with zero attached hydrogens (tertiary/aromatic N) is 1. The largest absolute Gasteiger partial charge is 0.306 e. The van der Waals surface area contributed by atoms with E-state index in [9.17, 15) is 0 Å². The lowest BCUT2D eigenvalue weighted by atomic mass is 10.0. The van der Waals surface area contributed by atoms with Crippen LogP contribution >= 0.6 is 11.3 Å². The molecule has 0 bridgehead atoms. The molecule has 3 rings (SSSR count). The smallest absolute Gasteiger partial charge is 0.114 e. The van der Waals surface area contributed by atoms with Gasteiger partial charge in [0.25, 0.3) is 0 Å². The molecule has 0 amide bonds. The molecule has 1 aliphatic heterocycles. The molecule has 16 heavy (non-hydrogen) atoms. The molecule has 3 heteroatoms. The first-order valence-electron chi connectivity index (χ1n) is 5.80. The zero-order chi connectivity index (χ0) is 11.2. The first kappa shape index (κ1) is 10.2. The topological polar surface area (TPSA) is 24.9 Å². The molecule has 1 atom stereocenters. The van der Waals surface area contributed by atoms with Crippen molar-refractivity contribution in [3.05, 3.63) is 28.8 Å². The standard InChI is InChI=1S/C13H16N2S/c1-9-4-5-11-10(8-9)15-12(16-11)13(2)6-3-7-14-13/h4-5,8,14H,3,6-7H2,1-2H3. The van der Waals surface area contributed by atoms with Crippen molar-refractivity contribution < 1.29 is 0 Å². The van der Waals surface area contributed by atoms with E-state index in [1.807, 2.05) is 11.3 Å². The summed E-state index contributed by atoms with van der Waals surface area (Å²) in [5.74, 6) is 0. The summed E-state index contributed by atoms with van der Waals surface area (Å²) < 4.78 is 1.30. The van der Waals surface area contributed by atoms with Crippen molar-refractivity contribution in [1.29, 1.82) is 0 Å². The maximum absolute atomic E-state index is 4.78. The van der Waals surface area contributed by atoms with Gasteiger partial charge in [-0.1, -0.05) is 6.07 Å². The van der Waals surface area contributed by atoms with Crippen LogP contribution in [0.5, 0.6) is 0 Å². The number of fused-ring (bicyclic) bond motifs is 1. The second kappa shape index (κ2) is 3.54. The summed E-state index contributed by atoms with van der Waals surface area (Å²) in [6.07, 6.45) is 2.46. The molecule has 1 aromatic carbocycles. The number of nitrogens with one attached hydrogen (secondary N) is 1. The van der Waals surface area contributed by atoms with Crippen LogP contribution in [0, 0.1) is 6.92 Å². The van der Waals surface area contributed by atoms with Gasteiger partial charge in [0, 0.05) is 0 Å². The predicted molar refractivity (Wildman–Crippen MR) is 68.9 cm³/mol. The van der Waals surface area contributed by atoms with Gasteiger partial charge in [0.05, 0.1) is 15.8 Å². The highest BCUT2D eigenvalue weighted by Crippen LogP contribution is 2.35. The summed E-state index contributed by atoms with van der Waals surface area (Å²) in [6.45, 7) is 5.50. The summed E-state index contributed by atoms with van der Waals surface area (Å²) >= 11 is 1.83. The average Bonchev–Trinajstić information content (AvgIpc) is 2.84. The van der Waals surface area contributed by atoms with E-state index in [0.29, 0.717) is 0 Å². The SMILES string of the molecule is Cc1ccc2sc(C3(C)CCCN3)nc2c1. The molecule has 1 fully saturated rings. The number of hydrogen-bond acceptors (Lipinski definition) is 3. The molecular weight excluding hydrogens is 216 g/mol. The van der Waals surface area contributed by atoms with E-state index in [2.05, 4.69) is 37.4 Å². The van der Waals surface area contributed by atoms with E-state index >= 15 is 0 Å². The Morgan fingerprint density at radius 1 is 1.44 bits per heavy atom. The number of benzene rings is 1. The lowest BCUT2D eigenvalue weighted by Gasteiger charge is -2.20. The second-order valence-electron chi connectivity index (χ2n) is 4.85. The van der Waals surface area contributed by atoms with Gasteiger partial charge in [0.2, 0.25) is 0 Å². The van der Waals surface area contributed by atoms with Crippen LogP contribution in [0.3, 0.4) is 0 Å². The van der Waals surface area contributed by atoms with E-state index < -0.39 is 0 Å². The van der Waals surface area contributed by atoms with Crippen LogP contribution in [0.15, 0.2) is 18.2 Å². The Kier molecular flexibility index (Phi) is 2.26. The third kappa shape index (κ3) is 1.55. The van der Waals surface area contributed by atoms with Gasteiger partial charge in [0.1, 0.15) is 5.01 Å².